The Labute approximate surface area is 88.0 Å². The molecule has 0 bridgehead atoms. The van der Waals surface area contributed by atoms with Gasteiger partial charge in [-0.3, -0.25) is 9.89 Å². The Morgan fingerprint density at radius 2 is 2.13 bits per heavy atom. The summed E-state index contributed by atoms with van der Waals surface area (Å²) in [5.41, 5.74) is -0.413. The van der Waals surface area contributed by atoms with E-state index < -0.39 is 5.97 Å². The van der Waals surface area contributed by atoms with Crippen LogP contribution < -0.4 is 5.56 Å². The molecule has 1 aromatic heterocycles. The van der Waals surface area contributed by atoms with Gasteiger partial charge in [-0.2, -0.15) is 0 Å². The highest BCUT2D eigenvalue weighted by atomic mass is 16.5. The highest BCUT2D eigenvalue weighted by Gasteiger charge is 2.19. The Morgan fingerprint density at radius 1 is 1.53 bits per heavy atom. The molecular weight excluding hydrogens is 196 g/mol. The van der Waals surface area contributed by atoms with Crippen LogP contribution in [-0.4, -0.2) is 22.4 Å². The molecule has 0 aliphatic carbocycles. The van der Waals surface area contributed by atoms with E-state index in [2.05, 4.69) is 5.10 Å². The summed E-state index contributed by atoms with van der Waals surface area (Å²) < 4.78 is 6.19. The van der Waals surface area contributed by atoms with Crippen molar-refractivity contribution < 1.29 is 9.53 Å². The van der Waals surface area contributed by atoms with Crippen molar-refractivity contribution in [2.75, 3.05) is 6.61 Å². The van der Waals surface area contributed by atoms with Gasteiger partial charge in [0.15, 0.2) is 0 Å². The van der Waals surface area contributed by atoms with Crippen molar-refractivity contribution in [2.24, 2.45) is 0 Å². The zero-order valence-electron chi connectivity index (χ0n) is 9.46. The number of hydrogen-bond acceptors (Lipinski definition) is 3. The second-order valence-electron chi connectivity index (χ2n) is 4.23. The van der Waals surface area contributed by atoms with E-state index in [9.17, 15) is 9.59 Å². The van der Waals surface area contributed by atoms with E-state index in [0.717, 1.165) is 0 Å². The first-order valence-electron chi connectivity index (χ1n) is 4.86. The van der Waals surface area contributed by atoms with Crippen LogP contribution in [0.15, 0.2) is 10.9 Å². The van der Waals surface area contributed by atoms with Crippen LogP contribution >= 0.6 is 0 Å². The minimum Gasteiger partial charge on any atom is -0.461 e. The number of nitrogens with one attached hydrogen (secondary N) is 1. The maximum absolute atomic E-state index is 11.5. The summed E-state index contributed by atoms with van der Waals surface area (Å²) in [5.74, 6) is -0.502. The third-order valence-corrected chi connectivity index (χ3v) is 1.89. The van der Waals surface area contributed by atoms with Crippen LogP contribution in [0.5, 0.6) is 0 Å². The Bertz CT molecular complexity index is 409. The van der Waals surface area contributed by atoms with Crippen molar-refractivity contribution in [3.8, 4) is 0 Å². The fourth-order valence-electron chi connectivity index (χ4n) is 1.21. The van der Waals surface area contributed by atoms with Crippen LogP contribution in [0.3, 0.4) is 0 Å². The summed E-state index contributed by atoms with van der Waals surface area (Å²) in [6, 6.07) is 1.25. The van der Waals surface area contributed by atoms with Gasteiger partial charge in [-0.15, -0.1) is 0 Å². The van der Waals surface area contributed by atoms with Crippen LogP contribution in [0.25, 0.3) is 0 Å². The molecule has 0 aliphatic heterocycles. The quantitative estimate of drug-likeness (QED) is 0.747. The topological polar surface area (TPSA) is 64.1 Å². The van der Waals surface area contributed by atoms with E-state index in [1.807, 2.05) is 20.8 Å². The molecule has 0 amide bonds. The second-order valence-corrected chi connectivity index (χ2v) is 4.23. The van der Waals surface area contributed by atoms with Crippen LogP contribution in [0.1, 0.15) is 38.2 Å². The molecule has 1 rings (SSSR count). The average molecular weight is 212 g/mol. The zero-order valence-corrected chi connectivity index (χ0v) is 9.46. The van der Waals surface area contributed by atoms with Crippen LogP contribution in [0.4, 0.5) is 0 Å². The third kappa shape index (κ3) is 2.49. The monoisotopic (exact) mass is 212 g/mol. The normalized spacial score (nSPS) is 11.5. The first kappa shape index (κ1) is 11.6. The van der Waals surface area contributed by atoms with Gasteiger partial charge < -0.3 is 4.74 Å². The van der Waals surface area contributed by atoms with Crippen molar-refractivity contribution in [1.29, 1.82) is 0 Å². The fourth-order valence-corrected chi connectivity index (χ4v) is 1.21. The number of aromatic nitrogens is 2. The van der Waals surface area contributed by atoms with Gasteiger partial charge in [-0.25, -0.2) is 9.48 Å². The molecule has 0 unspecified atom stereocenters. The Hall–Kier alpha value is -1.52. The molecule has 0 aliphatic rings. The fraction of sp³-hybridized carbons (Fsp3) is 0.600. The van der Waals surface area contributed by atoms with Crippen molar-refractivity contribution in [3.63, 3.8) is 0 Å². The Morgan fingerprint density at radius 3 is 2.53 bits per heavy atom. The van der Waals surface area contributed by atoms with Crippen LogP contribution in [-0.2, 0) is 10.3 Å². The summed E-state index contributed by atoms with van der Waals surface area (Å²) in [6.07, 6.45) is 0. The molecule has 5 heteroatoms. The van der Waals surface area contributed by atoms with Gasteiger partial charge in [0.25, 0.3) is 5.56 Å². The predicted molar refractivity (Wildman–Crippen MR) is 56.0 cm³/mol. The van der Waals surface area contributed by atoms with Crippen molar-refractivity contribution >= 4 is 5.97 Å². The van der Waals surface area contributed by atoms with E-state index in [1.54, 1.807) is 6.92 Å². The highest BCUT2D eigenvalue weighted by molar-refractivity contribution is 5.86. The zero-order chi connectivity index (χ0) is 11.6. The summed E-state index contributed by atoms with van der Waals surface area (Å²) in [4.78, 5) is 22.9. The number of ether oxygens (including phenoxy) is 1. The minimum absolute atomic E-state index is 0.191. The highest BCUT2D eigenvalue weighted by Crippen LogP contribution is 2.09. The first-order valence-corrected chi connectivity index (χ1v) is 4.86. The standard InChI is InChI=1S/C10H16N2O3/c1-5-15-9(14)7-6-8(13)12(11-7)10(2,3)4/h6,11H,5H2,1-4H3. The molecule has 5 nitrogen and oxygen atoms in total. The van der Waals surface area contributed by atoms with E-state index in [-0.39, 0.29) is 16.8 Å². The van der Waals surface area contributed by atoms with Gasteiger partial charge in [0, 0.05) is 6.07 Å². The lowest BCUT2D eigenvalue weighted by atomic mass is 10.1. The number of carbonyl (C=O) groups excluding carboxylic acids is 1. The summed E-state index contributed by atoms with van der Waals surface area (Å²) in [7, 11) is 0. The lowest BCUT2D eigenvalue weighted by molar-refractivity contribution is 0.0517. The molecule has 0 saturated heterocycles. The van der Waals surface area contributed by atoms with E-state index in [0.29, 0.717) is 6.61 Å². The lowest BCUT2D eigenvalue weighted by Crippen LogP contribution is -2.32. The summed E-state index contributed by atoms with van der Waals surface area (Å²) in [5, 5.41) is 2.74. The number of carbonyl (C=O) groups is 1. The van der Waals surface area contributed by atoms with Gasteiger partial charge in [-0.05, 0) is 27.7 Å². The van der Waals surface area contributed by atoms with Crippen LogP contribution in [0.2, 0.25) is 0 Å². The van der Waals surface area contributed by atoms with Crippen LogP contribution in [0, 0.1) is 0 Å². The van der Waals surface area contributed by atoms with E-state index in [1.165, 1.54) is 10.7 Å². The molecule has 0 fully saturated rings. The predicted octanol–water partition coefficient (Wildman–Crippen LogP) is 1.11. The van der Waals surface area contributed by atoms with E-state index >= 15 is 0 Å². The minimum atomic E-state index is -0.502. The van der Waals surface area contributed by atoms with Gasteiger partial charge in [0.1, 0.15) is 5.69 Å². The number of rotatable bonds is 2. The van der Waals surface area contributed by atoms with Gasteiger partial charge in [0.05, 0.1) is 12.1 Å². The molecule has 15 heavy (non-hydrogen) atoms. The third-order valence-electron chi connectivity index (χ3n) is 1.89. The maximum Gasteiger partial charge on any atom is 0.356 e. The molecule has 0 spiro atoms. The molecule has 1 N–H and O–H groups in total. The summed E-state index contributed by atoms with van der Waals surface area (Å²) >= 11 is 0. The van der Waals surface area contributed by atoms with Gasteiger partial charge in [-0.1, -0.05) is 0 Å². The molecule has 1 heterocycles. The first-order chi connectivity index (χ1) is 6.86. The van der Waals surface area contributed by atoms with E-state index in [4.69, 9.17) is 4.74 Å². The average Bonchev–Trinajstić information content (AvgIpc) is 2.47. The summed E-state index contributed by atoms with van der Waals surface area (Å²) in [6.45, 7) is 7.64. The number of hydrogen-bond donors (Lipinski definition) is 1. The molecule has 1 aromatic rings. The maximum atomic E-state index is 11.5. The molecule has 84 valence electrons. The molecule has 0 radical (unpaired) electrons. The lowest BCUT2D eigenvalue weighted by Gasteiger charge is -2.19. The molecule has 0 saturated carbocycles. The van der Waals surface area contributed by atoms with Crippen molar-refractivity contribution in [1.82, 2.24) is 9.78 Å². The number of nitrogens with zero attached hydrogens (tertiary/aromatic N) is 1. The Balaban J connectivity index is 3.07. The second kappa shape index (κ2) is 3.92. The largest absolute Gasteiger partial charge is 0.461 e. The van der Waals surface area contributed by atoms with Gasteiger partial charge in [0.2, 0.25) is 0 Å². The SMILES string of the molecule is CCOC(=O)c1cc(=O)n(C(C)(C)C)[nH]1. The smallest absolute Gasteiger partial charge is 0.356 e. The molecular formula is C10H16N2O3. The number of aromatic amines is 1. The Kier molecular flexibility index (Phi) is 3.02. The molecule has 0 aromatic carbocycles. The molecule has 0 atom stereocenters. The number of H-pyrrole nitrogens is 1. The number of esters is 1. The van der Waals surface area contributed by atoms with Crippen molar-refractivity contribution in [2.45, 2.75) is 33.2 Å². The van der Waals surface area contributed by atoms with Gasteiger partial charge >= 0.3 is 5.97 Å². The van der Waals surface area contributed by atoms with Crippen molar-refractivity contribution in [3.05, 3.63) is 22.1 Å².